The summed E-state index contributed by atoms with van der Waals surface area (Å²) >= 11 is 0. The van der Waals surface area contributed by atoms with Gasteiger partial charge in [0.1, 0.15) is 5.75 Å². The average Bonchev–Trinajstić information content (AvgIpc) is 2.29. The van der Waals surface area contributed by atoms with Crippen LogP contribution in [0.5, 0.6) is 5.75 Å². The van der Waals surface area contributed by atoms with Gasteiger partial charge >= 0.3 is 0 Å². The average molecular weight is 235 g/mol. The van der Waals surface area contributed by atoms with E-state index in [1.54, 1.807) is 7.11 Å². The summed E-state index contributed by atoms with van der Waals surface area (Å²) in [6.07, 6.45) is 2.26. The van der Waals surface area contributed by atoms with Gasteiger partial charge in [0.15, 0.2) is 0 Å². The molecular formula is C14H23N2O+. The number of benzene rings is 1. The molecule has 0 fully saturated rings. The maximum Gasteiger partial charge on any atom is 0.118 e. The molecular weight excluding hydrogens is 212 g/mol. The van der Waals surface area contributed by atoms with Gasteiger partial charge in [-0.15, -0.1) is 0 Å². The van der Waals surface area contributed by atoms with Gasteiger partial charge in [0.05, 0.1) is 27.7 Å². The molecule has 0 saturated carbocycles. The number of likely N-dealkylation sites (N-methyl/N-ethyl adjacent to an activating group) is 1. The number of ether oxygens (including phenoxy) is 1. The van der Waals surface area contributed by atoms with Crippen molar-refractivity contribution in [3.63, 3.8) is 0 Å². The maximum absolute atomic E-state index is 5.17. The zero-order valence-corrected chi connectivity index (χ0v) is 11.4. The molecule has 1 N–H and O–H groups in total. The number of methoxy groups -OCH3 is 1. The molecule has 0 amide bonds. The SMILES string of the molecule is COc1ccc(/C(=C/C[NH+](C)C)N(C)C)cc1. The van der Waals surface area contributed by atoms with Crippen molar-refractivity contribution in [3.05, 3.63) is 35.9 Å². The van der Waals surface area contributed by atoms with Crippen LogP contribution in [0.1, 0.15) is 5.56 Å². The van der Waals surface area contributed by atoms with E-state index in [-0.39, 0.29) is 0 Å². The fourth-order valence-electron chi connectivity index (χ4n) is 1.62. The van der Waals surface area contributed by atoms with E-state index in [0.29, 0.717) is 0 Å². The van der Waals surface area contributed by atoms with Crippen LogP contribution in [0.3, 0.4) is 0 Å². The normalized spacial score (nSPS) is 11.8. The number of hydrogen-bond acceptors (Lipinski definition) is 2. The fraction of sp³-hybridized carbons (Fsp3) is 0.429. The summed E-state index contributed by atoms with van der Waals surface area (Å²) in [6, 6.07) is 8.18. The predicted molar refractivity (Wildman–Crippen MR) is 72.3 cm³/mol. The van der Waals surface area contributed by atoms with E-state index in [1.165, 1.54) is 16.2 Å². The second-order valence-corrected chi connectivity index (χ2v) is 4.62. The molecule has 94 valence electrons. The Hall–Kier alpha value is -1.48. The lowest BCUT2D eigenvalue weighted by Crippen LogP contribution is -3.05. The summed E-state index contributed by atoms with van der Waals surface area (Å²) in [5.74, 6) is 0.894. The lowest BCUT2D eigenvalue weighted by atomic mass is 10.1. The van der Waals surface area contributed by atoms with Crippen molar-refractivity contribution in [2.75, 3.05) is 41.8 Å². The van der Waals surface area contributed by atoms with Crippen molar-refractivity contribution >= 4 is 5.70 Å². The van der Waals surface area contributed by atoms with Crippen LogP contribution in [-0.4, -0.2) is 46.7 Å². The third-order valence-corrected chi connectivity index (χ3v) is 2.57. The van der Waals surface area contributed by atoms with Crippen molar-refractivity contribution in [3.8, 4) is 5.75 Å². The smallest absolute Gasteiger partial charge is 0.118 e. The van der Waals surface area contributed by atoms with Crippen molar-refractivity contribution in [1.82, 2.24) is 4.90 Å². The summed E-state index contributed by atoms with van der Waals surface area (Å²) < 4.78 is 5.17. The first kappa shape index (κ1) is 13.6. The minimum Gasteiger partial charge on any atom is -0.497 e. The van der Waals surface area contributed by atoms with Crippen LogP contribution < -0.4 is 9.64 Å². The van der Waals surface area contributed by atoms with Crippen LogP contribution in [0.4, 0.5) is 0 Å². The minimum atomic E-state index is 0.894. The lowest BCUT2D eigenvalue weighted by Gasteiger charge is -2.18. The third kappa shape index (κ3) is 4.11. The molecule has 0 aliphatic carbocycles. The van der Waals surface area contributed by atoms with Crippen LogP contribution >= 0.6 is 0 Å². The molecule has 1 rings (SSSR count). The first-order valence-electron chi connectivity index (χ1n) is 5.85. The number of rotatable bonds is 5. The van der Waals surface area contributed by atoms with Crippen LogP contribution in [0, 0.1) is 0 Å². The first-order chi connectivity index (χ1) is 8.04. The van der Waals surface area contributed by atoms with Gasteiger partial charge in [0, 0.05) is 19.8 Å². The summed E-state index contributed by atoms with van der Waals surface area (Å²) in [6.45, 7) is 1.01. The van der Waals surface area contributed by atoms with Crippen molar-refractivity contribution in [1.29, 1.82) is 0 Å². The Labute approximate surface area is 104 Å². The summed E-state index contributed by atoms with van der Waals surface area (Å²) in [5, 5.41) is 0. The Kier molecular flexibility index (Phi) is 5.04. The molecule has 0 radical (unpaired) electrons. The monoisotopic (exact) mass is 235 g/mol. The quantitative estimate of drug-likeness (QED) is 0.811. The van der Waals surface area contributed by atoms with Gasteiger partial charge in [0.2, 0.25) is 0 Å². The molecule has 0 unspecified atom stereocenters. The minimum absolute atomic E-state index is 0.894. The third-order valence-electron chi connectivity index (χ3n) is 2.57. The van der Waals surface area contributed by atoms with E-state index in [4.69, 9.17) is 4.74 Å². The predicted octanol–water partition coefficient (Wildman–Crippen LogP) is 0.742. The number of nitrogens with one attached hydrogen (secondary N) is 1. The van der Waals surface area contributed by atoms with E-state index in [1.807, 2.05) is 12.1 Å². The van der Waals surface area contributed by atoms with Crippen LogP contribution in [0.2, 0.25) is 0 Å². The molecule has 0 aromatic heterocycles. The van der Waals surface area contributed by atoms with Gasteiger partial charge < -0.3 is 14.5 Å². The zero-order valence-electron chi connectivity index (χ0n) is 11.4. The van der Waals surface area contributed by atoms with E-state index in [2.05, 4.69) is 51.3 Å². The van der Waals surface area contributed by atoms with Crippen molar-refractivity contribution in [2.24, 2.45) is 0 Å². The van der Waals surface area contributed by atoms with E-state index in [0.717, 1.165) is 12.3 Å². The van der Waals surface area contributed by atoms with Gasteiger partial charge in [-0.1, -0.05) is 0 Å². The van der Waals surface area contributed by atoms with E-state index < -0.39 is 0 Å². The standard InChI is InChI=1S/C14H22N2O/c1-15(2)11-10-14(16(3)4)12-6-8-13(17-5)9-7-12/h6-10H,11H2,1-5H3/p+1/b14-10-. The molecule has 1 aromatic carbocycles. The summed E-state index contributed by atoms with van der Waals surface area (Å²) in [7, 11) is 10.1. The van der Waals surface area contributed by atoms with Crippen LogP contribution in [-0.2, 0) is 0 Å². The number of quaternary nitrogens is 1. The first-order valence-corrected chi connectivity index (χ1v) is 5.85. The largest absolute Gasteiger partial charge is 0.497 e. The Morgan fingerprint density at radius 2 is 1.82 bits per heavy atom. The molecule has 0 heterocycles. The van der Waals surface area contributed by atoms with Gasteiger partial charge in [-0.05, 0) is 35.9 Å². The number of hydrogen-bond donors (Lipinski definition) is 1. The Morgan fingerprint density at radius 1 is 1.24 bits per heavy atom. The molecule has 0 spiro atoms. The Bertz CT molecular complexity index is 366. The second kappa shape index (κ2) is 6.30. The molecule has 1 aromatic rings. The summed E-state index contributed by atoms with van der Waals surface area (Å²) in [4.78, 5) is 3.56. The van der Waals surface area contributed by atoms with E-state index in [9.17, 15) is 0 Å². The fourth-order valence-corrected chi connectivity index (χ4v) is 1.62. The molecule has 0 aliphatic heterocycles. The van der Waals surface area contributed by atoms with Crippen molar-refractivity contribution < 1.29 is 9.64 Å². The van der Waals surface area contributed by atoms with Gasteiger partial charge in [-0.3, -0.25) is 0 Å². The highest BCUT2D eigenvalue weighted by molar-refractivity contribution is 5.64. The highest BCUT2D eigenvalue weighted by Gasteiger charge is 2.05. The highest BCUT2D eigenvalue weighted by Crippen LogP contribution is 2.19. The molecule has 0 atom stereocenters. The zero-order chi connectivity index (χ0) is 12.8. The Morgan fingerprint density at radius 3 is 2.24 bits per heavy atom. The molecule has 3 nitrogen and oxygen atoms in total. The molecule has 0 aliphatic rings. The summed E-state index contributed by atoms with van der Waals surface area (Å²) in [5.41, 5.74) is 2.46. The molecule has 17 heavy (non-hydrogen) atoms. The van der Waals surface area contributed by atoms with Crippen LogP contribution in [0.15, 0.2) is 30.3 Å². The number of nitrogens with zero attached hydrogens (tertiary/aromatic N) is 1. The topological polar surface area (TPSA) is 16.9 Å². The van der Waals surface area contributed by atoms with Gasteiger partial charge in [-0.2, -0.15) is 0 Å². The second-order valence-electron chi connectivity index (χ2n) is 4.62. The van der Waals surface area contributed by atoms with E-state index >= 15 is 0 Å². The van der Waals surface area contributed by atoms with Crippen LogP contribution in [0.25, 0.3) is 5.70 Å². The molecule has 3 heteroatoms. The van der Waals surface area contributed by atoms with Gasteiger partial charge in [0.25, 0.3) is 0 Å². The molecule has 0 bridgehead atoms. The van der Waals surface area contributed by atoms with Gasteiger partial charge in [-0.25, -0.2) is 0 Å². The Balaban J connectivity index is 2.93. The highest BCUT2D eigenvalue weighted by atomic mass is 16.5. The molecule has 0 saturated heterocycles. The lowest BCUT2D eigenvalue weighted by molar-refractivity contribution is -0.851. The maximum atomic E-state index is 5.17. The van der Waals surface area contributed by atoms with Crippen molar-refractivity contribution in [2.45, 2.75) is 0 Å².